The molecule has 0 fully saturated rings. The molecule has 0 unspecified atom stereocenters. The van der Waals surface area contributed by atoms with Crippen LogP contribution in [0.25, 0.3) is 87.7 Å². The predicted octanol–water partition coefficient (Wildman–Crippen LogP) is 12.9. The Labute approximate surface area is 307 Å². The third kappa shape index (κ3) is 4.98. The number of thiophene rings is 1. The van der Waals surface area contributed by atoms with Crippen molar-refractivity contribution in [2.45, 2.75) is 19.3 Å². The predicted molar refractivity (Wildman–Crippen MR) is 217 cm³/mol. The van der Waals surface area contributed by atoms with Crippen LogP contribution in [0.4, 0.5) is 0 Å². The monoisotopic (exact) mass is 683 g/mol. The fourth-order valence-corrected chi connectivity index (χ4v) is 9.08. The van der Waals surface area contributed by atoms with Crippen molar-refractivity contribution in [2.75, 3.05) is 0 Å². The third-order valence-electron chi connectivity index (χ3n) is 10.5. The van der Waals surface area contributed by atoms with Gasteiger partial charge in [0.05, 0.1) is 0 Å². The zero-order valence-corrected chi connectivity index (χ0v) is 29.7. The van der Waals surface area contributed by atoms with Gasteiger partial charge in [-0.2, -0.15) is 0 Å². The van der Waals surface area contributed by atoms with Crippen LogP contribution in [0, 0.1) is 0 Å². The van der Waals surface area contributed by atoms with Gasteiger partial charge in [-0.25, -0.2) is 15.0 Å². The summed E-state index contributed by atoms with van der Waals surface area (Å²) in [6.07, 6.45) is 0. The van der Waals surface area contributed by atoms with Crippen LogP contribution in [-0.2, 0) is 5.41 Å². The maximum absolute atomic E-state index is 5.15. The first kappa shape index (κ1) is 30.6. The molecule has 0 radical (unpaired) electrons. The molecule has 0 saturated carbocycles. The van der Waals surface area contributed by atoms with E-state index >= 15 is 0 Å². The van der Waals surface area contributed by atoms with Gasteiger partial charge >= 0.3 is 0 Å². The Morgan fingerprint density at radius 1 is 0.385 bits per heavy atom. The summed E-state index contributed by atoms with van der Waals surface area (Å²) in [5.74, 6) is 1.98. The lowest BCUT2D eigenvalue weighted by molar-refractivity contribution is 0.660. The summed E-state index contributed by atoms with van der Waals surface area (Å²) in [5.41, 5.74) is 12.8. The van der Waals surface area contributed by atoms with Gasteiger partial charge in [0, 0.05) is 42.3 Å². The first-order valence-electron chi connectivity index (χ1n) is 17.7. The largest absolute Gasteiger partial charge is 0.208 e. The molecule has 1 aliphatic rings. The lowest BCUT2D eigenvalue weighted by atomic mass is 9.82. The summed E-state index contributed by atoms with van der Waals surface area (Å²) < 4.78 is 2.57. The Balaban J connectivity index is 1.08. The second-order valence-electron chi connectivity index (χ2n) is 14.0. The molecule has 10 rings (SSSR count). The molecule has 0 aliphatic heterocycles. The summed E-state index contributed by atoms with van der Waals surface area (Å²) in [7, 11) is 0. The summed E-state index contributed by atoms with van der Waals surface area (Å²) >= 11 is 1.85. The van der Waals surface area contributed by atoms with Gasteiger partial charge in [0.25, 0.3) is 0 Å². The molecule has 0 N–H and O–H groups in total. The Kier molecular flexibility index (Phi) is 7.02. The van der Waals surface area contributed by atoms with Crippen LogP contribution in [0.2, 0.25) is 0 Å². The molecular formula is C48H33N3S. The lowest BCUT2D eigenvalue weighted by Gasteiger charge is -2.21. The molecule has 52 heavy (non-hydrogen) atoms. The van der Waals surface area contributed by atoms with Crippen molar-refractivity contribution in [1.29, 1.82) is 0 Å². The molecule has 0 spiro atoms. The van der Waals surface area contributed by atoms with Gasteiger partial charge in [-0.05, 0) is 68.8 Å². The van der Waals surface area contributed by atoms with E-state index in [0.717, 1.165) is 22.3 Å². The summed E-state index contributed by atoms with van der Waals surface area (Å²) in [5, 5.41) is 2.60. The zero-order chi connectivity index (χ0) is 34.8. The summed E-state index contributed by atoms with van der Waals surface area (Å²) in [6.45, 7) is 4.61. The van der Waals surface area contributed by atoms with E-state index in [0.29, 0.717) is 17.5 Å². The first-order chi connectivity index (χ1) is 25.5. The Hall–Kier alpha value is -6.23. The smallest absolute Gasteiger partial charge is 0.164 e. The molecule has 7 aromatic carbocycles. The van der Waals surface area contributed by atoms with Crippen LogP contribution in [-0.4, -0.2) is 15.0 Å². The quantitative estimate of drug-likeness (QED) is 0.181. The highest BCUT2D eigenvalue weighted by Gasteiger charge is 2.35. The normalized spacial score (nSPS) is 13.0. The Morgan fingerprint density at radius 3 is 1.73 bits per heavy atom. The van der Waals surface area contributed by atoms with Gasteiger partial charge in [0.2, 0.25) is 0 Å². The highest BCUT2D eigenvalue weighted by atomic mass is 32.1. The topological polar surface area (TPSA) is 38.7 Å². The Morgan fingerprint density at radius 2 is 0.942 bits per heavy atom. The van der Waals surface area contributed by atoms with E-state index in [1.165, 1.54) is 59.1 Å². The number of fused-ring (bicyclic) bond motifs is 6. The van der Waals surface area contributed by atoms with Crippen LogP contribution in [0.1, 0.15) is 25.0 Å². The molecule has 0 amide bonds. The number of hydrogen-bond donors (Lipinski definition) is 0. The number of rotatable bonds is 5. The molecule has 246 valence electrons. The SMILES string of the molecule is CC1(C)c2ccccc2-c2cc(-c3nc(-c4ccccc4)nc(-c4cccc(-c5ccc6c(c5)sc5cccc(-c7ccccc7)c56)c4)n3)ccc21. The molecule has 0 bridgehead atoms. The van der Waals surface area contributed by atoms with E-state index in [9.17, 15) is 0 Å². The van der Waals surface area contributed by atoms with Crippen molar-refractivity contribution in [3.63, 3.8) is 0 Å². The van der Waals surface area contributed by atoms with Crippen molar-refractivity contribution >= 4 is 31.5 Å². The molecule has 1 aliphatic carbocycles. The molecule has 2 aromatic heterocycles. The highest BCUT2D eigenvalue weighted by Crippen LogP contribution is 2.49. The standard InChI is InChI=1S/C48H33N3S/c1-48(2)40-21-10-9-19-37(40)39-28-35(24-26-41(39)48)47-50-45(31-15-7-4-8-16-31)49-46(51-47)34-18-11-17-32(27-34)33-23-25-38-43(29-33)52-42-22-12-20-36(44(38)42)30-13-5-3-6-14-30/h3-29H,1-2H3. The van der Waals surface area contributed by atoms with Crippen molar-refractivity contribution in [3.05, 3.63) is 175 Å². The number of hydrogen-bond acceptors (Lipinski definition) is 4. The average Bonchev–Trinajstić information content (AvgIpc) is 3.70. The van der Waals surface area contributed by atoms with E-state index in [1.54, 1.807) is 0 Å². The van der Waals surface area contributed by atoms with Crippen LogP contribution in [0.15, 0.2) is 164 Å². The van der Waals surface area contributed by atoms with Crippen molar-refractivity contribution < 1.29 is 0 Å². The van der Waals surface area contributed by atoms with Gasteiger partial charge in [-0.15, -0.1) is 11.3 Å². The zero-order valence-electron chi connectivity index (χ0n) is 28.8. The fraction of sp³-hybridized carbons (Fsp3) is 0.0625. The van der Waals surface area contributed by atoms with Crippen LogP contribution < -0.4 is 0 Å². The maximum atomic E-state index is 5.15. The second kappa shape index (κ2) is 11.9. The molecule has 3 nitrogen and oxygen atoms in total. The third-order valence-corrected chi connectivity index (χ3v) is 11.7. The molecule has 4 heteroatoms. The molecule has 2 heterocycles. The van der Waals surface area contributed by atoms with E-state index in [4.69, 9.17) is 15.0 Å². The maximum Gasteiger partial charge on any atom is 0.164 e. The van der Waals surface area contributed by atoms with Crippen molar-refractivity contribution in [1.82, 2.24) is 15.0 Å². The minimum atomic E-state index is -0.0621. The fourth-order valence-electron chi connectivity index (χ4n) is 7.91. The second-order valence-corrected chi connectivity index (χ2v) is 15.1. The summed E-state index contributed by atoms with van der Waals surface area (Å²) in [6, 6.07) is 58.4. The highest BCUT2D eigenvalue weighted by molar-refractivity contribution is 7.26. The van der Waals surface area contributed by atoms with E-state index in [2.05, 4.69) is 159 Å². The van der Waals surface area contributed by atoms with Crippen LogP contribution in [0.5, 0.6) is 0 Å². The van der Waals surface area contributed by atoms with E-state index in [-0.39, 0.29) is 5.41 Å². The molecule has 0 saturated heterocycles. The summed E-state index contributed by atoms with van der Waals surface area (Å²) in [4.78, 5) is 15.3. The minimum absolute atomic E-state index is 0.0621. The first-order valence-corrected chi connectivity index (χ1v) is 18.5. The number of benzene rings is 7. The molecule has 0 atom stereocenters. The molecular weight excluding hydrogens is 651 g/mol. The average molecular weight is 684 g/mol. The van der Waals surface area contributed by atoms with E-state index in [1.807, 2.05) is 29.5 Å². The van der Waals surface area contributed by atoms with Gasteiger partial charge in [0.1, 0.15) is 0 Å². The number of aromatic nitrogens is 3. The van der Waals surface area contributed by atoms with Crippen LogP contribution in [0.3, 0.4) is 0 Å². The minimum Gasteiger partial charge on any atom is -0.208 e. The van der Waals surface area contributed by atoms with Gasteiger partial charge in [-0.3, -0.25) is 0 Å². The van der Waals surface area contributed by atoms with Gasteiger partial charge in [-0.1, -0.05) is 153 Å². The van der Waals surface area contributed by atoms with Crippen molar-refractivity contribution in [3.8, 4) is 67.5 Å². The molecule has 9 aromatic rings. The van der Waals surface area contributed by atoms with Gasteiger partial charge in [0.15, 0.2) is 17.5 Å². The Bertz CT molecular complexity index is 2820. The van der Waals surface area contributed by atoms with Crippen LogP contribution >= 0.6 is 11.3 Å². The van der Waals surface area contributed by atoms with Gasteiger partial charge < -0.3 is 0 Å². The number of nitrogens with zero attached hydrogens (tertiary/aromatic N) is 3. The van der Waals surface area contributed by atoms with E-state index < -0.39 is 0 Å². The lowest BCUT2D eigenvalue weighted by Crippen LogP contribution is -2.14. The van der Waals surface area contributed by atoms with Crippen molar-refractivity contribution in [2.24, 2.45) is 0 Å².